The monoisotopic (exact) mass is 386 g/mol. The minimum Gasteiger partial charge on any atom is -0.322 e. The van der Waals surface area contributed by atoms with Crippen molar-refractivity contribution in [3.05, 3.63) is 49.7 Å². The molecule has 1 aromatic heterocycles. The van der Waals surface area contributed by atoms with Gasteiger partial charge in [-0.25, -0.2) is 0 Å². The fourth-order valence-corrected chi connectivity index (χ4v) is 3.02. The highest BCUT2D eigenvalue weighted by Crippen LogP contribution is 2.18. The highest BCUT2D eigenvalue weighted by Gasteiger charge is 2.08. The van der Waals surface area contributed by atoms with Crippen LogP contribution in [-0.2, 0) is 6.54 Å². The third-order valence-corrected chi connectivity index (χ3v) is 4.33. The second-order valence-corrected chi connectivity index (χ2v) is 7.33. The Morgan fingerprint density at radius 3 is 2.53 bits per heavy atom. The number of carbonyl (C=O) groups excluding carboxylic acids is 1. The fraction of sp³-hybridized carbons (Fsp3) is 0.214. The van der Waals surface area contributed by atoms with Gasteiger partial charge in [-0.15, -0.1) is 11.3 Å². The third kappa shape index (κ3) is 4.29. The Balaban J connectivity index is 2.01. The van der Waals surface area contributed by atoms with Crippen molar-refractivity contribution in [2.45, 2.75) is 6.54 Å². The summed E-state index contributed by atoms with van der Waals surface area (Å²) in [6, 6.07) is 9.84. The van der Waals surface area contributed by atoms with E-state index >= 15 is 0 Å². The number of rotatable bonds is 4. The van der Waals surface area contributed by atoms with Crippen LogP contribution in [0.15, 0.2) is 35.7 Å². The summed E-state index contributed by atoms with van der Waals surface area (Å²) < 4.78 is 1.11. The Labute approximate surface area is 130 Å². The second kappa shape index (κ2) is 6.49. The maximum Gasteiger partial charge on any atom is 0.256 e. The van der Waals surface area contributed by atoms with E-state index in [1.54, 1.807) is 11.3 Å². The lowest BCUT2D eigenvalue weighted by Crippen LogP contribution is -2.12. The topological polar surface area (TPSA) is 32.3 Å². The van der Waals surface area contributed by atoms with Crippen molar-refractivity contribution in [3.8, 4) is 0 Å². The molecule has 1 N–H and O–H groups in total. The zero-order valence-corrected chi connectivity index (χ0v) is 13.8. The molecule has 0 radical (unpaired) electrons. The summed E-state index contributed by atoms with van der Waals surface area (Å²) >= 11 is 3.79. The molecule has 3 nitrogen and oxygen atoms in total. The van der Waals surface area contributed by atoms with Crippen LogP contribution in [0, 0.1) is 2.88 Å². The van der Waals surface area contributed by atoms with Gasteiger partial charge in [0.1, 0.15) is 0 Å². The summed E-state index contributed by atoms with van der Waals surface area (Å²) in [6.07, 6.45) is 0. The van der Waals surface area contributed by atoms with Gasteiger partial charge in [0.05, 0.1) is 8.45 Å². The molecule has 0 saturated carbocycles. The quantitative estimate of drug-likeness (QED) is 0.814. The van der Waals surface area contributed by atoms with Crippen molar-refractivity contribution in [3.63, 3.8) is 0 Å². The van der Waals surface area contributed by atoms with Crippen LogP contribution in [0.25, 0.3) is 0 Å². The van der Waals surface area contributed by atoms with Crippen LogP contribution in [0.4, 0.5) is 5.69 Å². The van der Waals surface area contributed by atoms with Gasteiger partial charge in [0.2, 0.25) is 0 Å². The smallest absolute Gasteiger partial charge is 0.256 e. The molecular formula is C14H15IN2OS. The van der Waals surface area contributed by atoms with Crippen LogP contribution < -0.4 is 5.32 Å². The first-order chi connectivity index (χ1) is 9.04. The zero-order chi connectivity index (χ0) is 13.8. The third-order valence-electron chi connectivity index (χ3n) is 2.54. The Morgan fingerprint density at radius 1 is 1.32 bits per heavy atom. The van der Waals surface area contributed by atoms with Gasteiger partial charge in [0.15, 0.2) is 0 Å². The number of halogens is 1. The number of hydrogen-bond donors (Lipinski definition) is 1. The summed E-state index contributed by atoms with van der Waals surface area (Å²) in [5.41, 5.74) is 2.77. The van der Waals surface area contributed by atoms with E-state index < -0.39 is 0 Å². The summed E-state index contributed by atoms with van der Waals surface area (Å²) in [5.74, 6) is -0.0560. The van der Waals surface area contributed by atoms with Crippen molar-refractivity contribution in [1.82, 2.24) is 4.90 Å². The fourth-order valence-electron chi connectivity index (χ4n) is 1.69. The predicted octanol–water partition coefficient (Wildman–Crippen LogP) is 3.67. The van der Waals surface area contributed by atoms with E-state index in [1.165, 1.54) is 5.56 Å². The Hall–Kier alpha value is -0.920. The number of amides is 1. The lowest BCUT2D eigenvalue weighted by molar-refractivity contribution is 0.102. The van der Waals surface area contributed by atoms with Crippen LogP contribution in [0.1, 0.15) is 15.9 Å². The molecule has 2 rings (SSSR count). The van der Waals surface area contributed by atoms with Crippen LogP contribution >= 0.6 is 33.9 Å². The lowest BCUT2D eigenvalue weighted by atomic mass is 10.2. The van der Waals surface area contributed by atoms with Crippen molar-refractivity contribution in [1.29, 1.82) is 0 Å². The highest BCUT2D eigenvalue weighted by molar-refractivity contribution is 14.1. The molecule has 0 spiro atoms. The molecule has 0 aliphatic heterocycles. The van der Waals surface area contributed by atoms with Gasteiger partial charge in [-0.3, -0.25) is 4.79 Å². The van der Waals surface area contributed by atoms with E-state index in [4.69, 9.17) is 0 Å². The first-order valence-corrected chi connectivity index (χ1v) is 7.79. The number of benzene rings is 1. The van der Waals surface area contributed by atoms with E-state index in [0.29, 0.717) is 5.56 Å². The van der Waals surface area contributed by atoms with E-state index in [2.05, 4.69) is 32.8 Å². The van der Waals surface area contributed by atoms with Crippen molar-refractivity contribution >= 4 is 45.5 Å². The first kappa shape index (κ1) is 14.5. The standard InChI is InChI=1S/C14H15IN2OS/c1-17(2)8-10-3-5-12(6-4-10)16-14(18)11-7-13(15)19-9-11/h3-7,9H,8H2,1-2H3,(H,16,18). The molecule has 19 heavy (non-hydrogen) atoms. The summed E-state index contributed by atoms with van der Waals surface area (Å²) in [5, 5.41) is 4.78. The number of hydrogen-bond acceptors (Lipinski definition) is 3. The number of carbonyl (C=O) groups is 1. The van der Waals surface area contributed by atoms with Crippen LogP contribution in [-0.4, -0.2) is 24.9 Å². The number of thiophene rings is 1. The lowest BCUT2D eigenvalue weighted by Gasteiger charge is -2.10. The van der Waals surface area contributed by atoms with Gasteiger partial charge in [-0.1, -0.05) is 12.1 Å². The molecule has 0 unspecified atom stereocenters. The summed E-state index contributed by atoms with van der Waals surface area (Å²) in [7, 11) is 4.07. The van der Waals surface area contributed by atoms with Crippen LogP contribution in [0.5, 0.6) is 0 Å². The molecular weight excluding hydrogens is 371 g/mol. The molecule has 100 valence electrons. The highest BCUT2D eigenvalue weighted by atomic mass is 127. The van der Waals surface area contributed by atoms with Crippen molar-refractivity contribution in [2.24, 2.45) is 0 Å². The van der Waals surface area contributed by atoms with E-state index in [-0.39, 0.29) is 5.91 Å². The van der Waals surface area contributed by atoms with Crippen molar-refractivity contribution in [2.75, 3.05) is 19.4 Å². The molecule has 5 heteroatoms. The first-order valence-electron chi connectivity index (χ1n) is 5.83. The zero-order valence-electron chi connectivity index (χ0n) is 10.8. The average molecular weight is 386 g/mol. The summed E-state index contributed by atoms with van der Waals surface area (Å²) in [6.45, 7) is 0.900. The largest absolute Gasteiger partial charge is 0.322 e. The minimum atomic E-state index is -0.0560. The van der Waals surface area contributed by atoms with Gasteiger partial charge in [0, 0.05) is 17.6 Å². The van der Waals surface area contributed by atoms with E-state index in [0.717, 1.165) is 15.1 Å². The Morgan fingerprint density at radius 2 is 2.00 bits per heavy atom. The summed E-state index contributed by atoms with van der Waals surface area (Å²) in [4.78, 5) is 14.1. The van der Waals surface area contributed by atoms with Crippen LogP contribution in [0.3, 0.4) is 0 Å². The van der Waals surface area contributed by atoms with E-state index in [9.17, 15) is 4.79 Å². The van der Waals surface area contributed by atoms with Crippen molar-refractivity contribution < 1.29 is 4.79 Å². The van der Waals surface area contributed by atoms with Gasteiger partial charge in [0.25, 0.3) is 5.91 Å². The molecule has 1 aromatic carbocycles. The molecule has 2 aromatic rings. The second-order valence-electron chi connectivity index (χ2n) is 4.53. The molecule has 0 fully saturated rings. The average Bonchev–Trinajstić information content (AvgIpc) is 2.78. The van der Waals surface area contributed by atoms with Gasteiger partial charge in [-0.05, 0) is 60.4 Å². The SMILES string of the molecule is CN(C)Cc1ccc(NC(=O)c2csc(I)c2)cc1. The molecule has 0 aliphatic carbocycles. The number of anilines is 1. The predicted molar refractivity (Wildman–Crippen MR) is 88.8 cm³/mol. The molecule has 0 atom stereocenters. The maximum atomic E-state index is 12.0. The minimum absolute atomic E-state index is 0.0560. The number of nitrogens with one attached hydrogen (secondary N) is 1. The van der Waals surface area contributed by atoms with Gasteiger partial charge in [-0.2, -0.15) is 0 Å². The Kier molecular flexibility index (Phi) is 4.95. The molecule has 1 heterocycles. The molecule has 1 amide bonds. The van der Waals surface area contributed by atoms with Crippen LogP contribution in [0.2, 0.25) is 0 Å². The molecule has 0 aliphatic rings. The van der Waals surface area contributed by atoms with Gasteiger partial charge < -0.3 is 10.2 Å². The molecule has 0 bridgehead atoms. The molecule has 0 saturated heterocycles. The maximum absolute atomic E-state index is 12.0. The Bertz CT molecular complexity index is 563. The van der Waals surface area contributed by atoms with E-state index in [1.807, 2.05) is 49.8 Å². The number of nitrogens with zero attached hydrogens (tertiary/aromatic N) is 1. The van der Waals surface area contributed by atoms with Gasteiger partial charge >= 0.3 is 0 Å². The normalized spacial score (nSPS) is 10.7.